The lowest BCUT2D eigenvalue weighted by molar-refractivity contribution is 0.420. The van der Waals surface area contributed by atoms with Gasteiger partial charge in [0.1, 0.15) is 28.6 Å². The van der Waals surface area contributed by atoms with Crippen LogP contribution < -0.4 is 10.2 Å². The van der Waals surface area contributed by atoms with Crippen molar-refractivity contribution in [1.29, 1.82) is 0 Å². The van der Waals surface area contributed by atoms with E-state index in [-0.39, 0.29) is 17.0 Å². The molecule has 2 atom stereocenters. The summed E-state index contributed by atoms with van der Waals surface area (Å²) in [5, 5.41) is 15.9. The molecule has 2 aromatic carbocycles. The highest BCUT2D eigenvalue weighted by molar-refractivity contribution is 6.00. The van der Waals surface area contributed by atoms with Crippen molar-refractivity contribution in [3.63, 3.8) is 0 Å². The molecule has 1 aliphatic heterocycles. The van der Waals surface area contributed by atoms with Gasteiger partial charge in [-0.15, -0.1) is 0 Å². The summed E-state index contributed by atoms with van der Waals surface area (Å²) in [7, 11) is 1.96. The van der Waals surface area contributed by atoms with Crippen molar-refractivity contribution < 1.29 is 9.50 Å². The lowest BCUT2D eigenvalue weighted by Crippen LogP contribution is -2.37. The summed E-state index contributed by atoms with van der Waals surface area (Å²) in [6.45, 7) is 2.39. The number of anilines is 2. The Morgan fingerprint density at radius 1 is 1.05 bits per heavy atom. The van der Waals surface area contributed by atoms with Crippen LogP contribution >= 0.6 is 0 Å². The minimum Gasteiger partial charge on any atom is -0.508 e. The normalized spacial score (nSPS) is 18.8. The van der Waals surface area contributed by atoms with E-state index in [1.807, 2.05) is 42.1 Å². The molecule has 8 nitrogen and oxygen atoms in total. The largest absolute Gasteiger partial charge is 0.508 e. The van der Waals surface area contributed by atoms with E-state index in [1.54, 1.807) is 24.5 Å². The number of piperidine rings is 1. The zero-order chi connectivity index (χ0) is 26.5. The molecule has 1 saturated heterocycles. The first-order chi connectivity index (χ1) is 19.0. The van der Waals surface area contributed by atoms with Crippen LogP contribution in [0.1, 0.15) is 25.1 Å². The Balaban J connectivity index is 1.33. The molecule has 0 radical (unpaired) electrons. The lowest BCUT2D eigenvalue weighted by atomic mass is 9.98. The number of rotatable bonds is 6. The molecule has 5 aromatic rings. The summed E-state index contributed by atoms with van der Waals surface area (Å²) in [5.41, 5.74) is 0.928. The van der Waals surface area contributed by atoms with Gasteiger partial charge in [-0.2, -0.15) is 4.98 Å². The molecular weight excluding hydrogens is 493 g/mol. The van der Waals surface area contributed by atoms with Gasteiger partial charge in [-0.1, -0.05) is 24.3 Å². The molecule has 9 heteroatoms. The Morgan fingerprint density at radius 2 is 1.87 bits per heavy atom. The van der Waals surface area contributed by atoms with Crippen LogP contribution in [0.4, 0.5) is 16.2 Å². The fourth-order valence-corrected chi connectivity index (χ4v) is 6.34. The highest BCUT2D eigenvalue weighted by Gasteiger charge is 2.34. The van der Waals surface area contributed by atoms with E-state index in [0.29, 0.717) is 41.7 Å². The molecule has 2 bridgehead atoms. The third-order valence-corrected chi connectivity index (χ3v) is 8.23. The Hall–Kier alpha value is -4.27. The first-order valence-electron chi connectivity index (χ1n) is 13.6. The smallest absolute Gasteiger partial charge is 0.225 e. The zero-order valence-electron chi connectivity index (χ0n) is 21.8. The van der Waals surface area contributed by atoms with Crippen molar-refractivity contribution in [2.45, 2.75) is 25.7 Å². The van der Waals surface area contributed by atoms with Crippen molar-refractivity contribution >= 4 is 33.4 Å². The van der Waals surface area contributed by atoms with Gasteiger partial charge in [-0.25, -0.2) is 14.4 Å². The number of fused-ring (bicyclic) bond motifs is 4. The lowest BCUT2D eigenvalue weighted by Gasteiger charge is -2.33. The molecule has 2 fully saturated rings. The number of nitrogens with one attached hydrogen (secondary N) is 1. The monoisotopic (exact) mass is 523 g/mol. The summed E-state index contributed by atoms with van der Waals surface area (Å²) in [4.78, 5) is 20.8. The van der Waals surface area contributed by atoms with Crippen molar-refractivity contribution in [2.24, 2.45) is 18.9 Å². The third-order valence-electron chi connectivity index (χ3n) is 8.23. The van der Waals surface area contributed by atoms with Gasteiger partial charge in [0, 0.05) is 57.3 Å². The van der Waals surface area contributed by atoms with Gasteiger partial charge < -0.3 is 19.9 Å². The van der Waals surface area contributed by atoms with Crippen LogP contribution in [0.5, 0.6) is 5.75 Å². The van der Waals surface area contributed by atoms with Crippen molar-refractivity contribution in [3.8, 4) is 17.0 Å². The van der Waals surface area contributed by atoms with Gasteiger partial charge in [-0.05, 0) is 54.0 Å². The van der Waals surface area contributed by atoms with E-state index in [4.69, 9.17) is 4.98 Å². The molecule has 2 N–H and O–H groups in total. The minimum atomic E-state index is -0.515. The average Bonchev–Trinajstić information content (AvgIpc) is 3.51. The first-order valence-corrected chi connectivity index (χ1v) is 13.6. The standard InChI is InChI=1S/C30H30FN7O/c1-37-11-10-32-25(37)8-9-33-30-35-28-24(29(36-30)38-16-18-6-7-19(12-18)17-38)15-34-27(26(28)31)23-14-21(39)13-20-4-2-3-5-22(20)23/h2-5,10-11,13-15,18-19,39H,6-9,12,16-17H2,1H3,(H,33,35,36). The quantitative estimate of drug-likeness (QED) is 0.311. The van der Waals surface area contributed by atoms with Gasteiger partial charge in [0.2, 0.25) is 5.95 Å². The number of aromatic nitrogens is 5. The number of imidazole rings is 1. The van der Waals surface area contributed by atoms with Crippen LogP contribution in [0.2, 0.25) is 0 Å². The van der Waals surface area contributed by atoms with Crippen LogP contribution in [-0.2, 0) is 13.5 Å². The average molecular weight is 524 g/mol. The second-order valence-corrected chi connectivity index (χ2v) is 10.8. The summed E-state index contributed by atoms with van der Waals surface area (Å²) < 4.78 is 18.4. The fourth-order valence-electron chi connectivity index (χ4n) is 6.34. The molecule has 1 saturated carbocycles. The van der Waals surface area contributed by atoms with E-state index in [9.17, 15) is 5.11 Å². The number of aromatic hydroxyl groups is 1. The molecule has 2 unspecified atom stereocenters. The number of nitrogens with zero attached hydrogens (tertiary/aromatic N) is 6. The van der Waals surface area contributed by atoms with Gasteiger partial charge >= 0.3 is 0 Å². The zero-order valence-corrected chi connectivity index (χ0v) is 21.8. The molecule has 2 aliphatic rings. The maximum atomic E-state index is 16.4. The summed E-state index contributed by atoms with van der Waals surface area (Å²) in [6, 6.07) is 10.8. The topological polar surface area (TPSA) is 92.0 Å². The van der Waals surface area contributed by atoms with Gasteiger partial charge in [-0.3, -0.25) is 4.98 Å². The van der Waals surface area contributed by atoms with Crippen LogP contribution in [0, 0.1) is 17.7 Å². The maximum absolute atomic E-state index is 16.4. The molecular formula is C30H30FN7O. The third kappa shape index (κ3) is 4.31. The fraction of sp³-hybridized carbons (Fsp3) is 0.333. The minimum absolute atomic E-state index is 0.0637. The van der Waals surface area contributed by atoms with Crippen LogP contribution in [-0.4, -0.2) is 49.2 Å². The summed E-state index contributed by atoms with van der Waals surface area (Å²) in [5.74, 6) is 2.90. The molecule has 7 rings (SSSR count). The molecule has 1 aliphatic carbocycles. The van der Waals surface area contributed by atoms with E-state index in [1.165, 1.54) is 19.3 Å². The molecule has 4 heterocycles. The first kappa shape index (κ1) is 23.8. The predicted octanol–water partition coefficient (Wildman–Crippen LogP) is 5.31. The Bertz CT molecular complexity index is 1690. The molecule has 3 aromatic heterocycles. The summed E-state index contributed by atoms with van der Waals surface area (Å²) in [6.07, 6.45) is 9.80. The van der Waals surface area contributed by atoms with Crippen molar-refractivity contribution in [1.82, 2.24) is 24.5 Å². The highest BCUT2D eigenvalue weighted by atomic mass is 19.1. The van der Waals surface area contributed by atoms with E-state index in [0.717, 1.165) is 35.5 Å². The van der Waals surface area contributed by atoms with Crippen molar-refractivity contribution in [2.75, 3.05) is 29.9 Å². The van der Waals surface area contributed by atoms with Crippen LogP contribution in [0.25, 0.3) is 32.9 Å². The maximum Gasteiger partial charge on any atom is 0.225 e. The number of phenolic OH excluding ortho intramolecular Hbond substituents is 1. The van der Waals surface area contributed by atoms with Crippen LogP contribution in [0.15, 0.2) is 55.0 Å². The molecule has 0 amide bonds. The number of benzene rings is 2. The predicted molar refractivity (Wildman–Crippen MR) is 150 cm³/mol. The Labute approximate surface area is 225 Å². The second kappa shape index (κ2) is 9.48. The van der Waals surface area contributed by atoms with E-state index >= 15 is 4.39 Å². The Kier molecular flexibility index (Phi) is 5.79. The number of aryl methyl sites for hydroxylation is 1. The van der Waals surface area contributed by atoms with E-state index < -0.39 is 5.82 Å². The van der Waals surface area contributed by atoms with Gasteiger partial charge in [0.25, 0.3) is 0 Å². The van der Waals surface area contributed by atoms with Gasteiger partial charge in [0.05, 0.1) is 5.39 Å². The Morgan fingerprint density at radius 3 is 2.67 bits per heavy atom. The van der Waals surface area contributed by atoms with Crippen LogP contribution in [0.3, 0.4) is 0 Å². The second-order valence-electron chi connectivity index (χ2n) is 10.8. The molecule has 39 heavy (non-hydrogen) atoms. The number of phenols is 1. The molecule has 198 valence electrons. The SMILES string of the molecule is Cn1ccnc1CCNc1nc(N2CC3CCC(C3)C2)c2cnc(-c3cc(O)cc4ccccc34)c(F)c2n1. The molecule has 0 spiro atoms. The van der Waals surface area contributed by atoms with Crippen molar-refractivity contribution in [3.05, 3.63) is 66.6 Å². The van der Waals surface area contributed by atoms with Gasteiger partial charge in [0.15, 0.2) is 5.82 Å². The summed E-state index contributed by atoms with van der Waals surface area (Å²) >= 11 is 0. The highest BCUT2D eigenvalue weighted by Crippen LogP contribution is 2.41. The number of hydrogen-bond acceptors (Lipinski definition) is 7. The van der Waals surface area contributed by atoms with E-state index in [2.05, 4.69) is 25.2 Å². The number of halogens is 1. The number of pyridine rings is 1. The number of hydrogen-bond donors (Lipinski definition) is 2.